The molecular weight excluding hydrogens is 575 g/mol. The van der Waals surface area contributed by atoms with E-state index in [9.17, 15) is 37.8 Å². The summed E-state index contributed by atoms with van der Waals surface area (Å²) in [5.74, 6) is -1.36. The van der Waals surface area contributed by atoms with Gasteiger partial charge in [0, 0.05) is 40.8 Å². The predicted molar refractivity (Wildman–Crippen MR) is 151 cm³/mol. The maximum Gasteiger partial charge on any atom is 0.434 e. The first-order valence-electron chi connectivity index (χ1n) is 13.2. The highest BCUT2D eigenvalue weighted by Crippen LogP contribution is 2.39. The standard InChI is InChI=1S/C28H26F3N5O5S/c1-2-32-27(41)35-23-10-15(25-34-22(13-42-25)28(29,30)31)17(11-33-23)14-7-8-19-16(9-14)24(38)18(26(39)40)12-36(19)20-5-3-4-6-21(20)37/h7-13,20-21,37H,2-6H2,1H3,(H,39,40)(H2,32,33,35,41)/t20-,21-/m0/s1. The molecule has 0 unspecified atom stereocenters. The number of carbonyl (C=O) groups excluding carboxylic acids is 1. The van der Waals surface area contributed by atoms with Gasteiger partial charge in [0.2, 0.25) is 5.43 Å². The number of amides is 2. The van der Waals surface area contributed by atoms with Gasteiger partial charge >= 0.3 is 18.2 Å². The van der Waals surface area contributed by atoms with Crippen LogP contribution in [0.4, 0.5) is 23.8 Å². The van der Waals surface area contributed by atoms with E-state index in [2.05, 4.69) is 20.6 Å². The molecule has 0 spiro atoms. The number of halogens is 3. The lowest BCUT2D eigenvalue weighted by molar-refractivity contribution is -0.140. The second-order valence-corrected chi connectivity index (χ2v) is 10.7. The zero-order valence-corrected chi connectivity index (χ0v) is 23.1. The molecule has 5 rings (SSSR count). The Morgan fingerprint density at radius 3 is 2.60 bits per heavy atom. The average Bonchev–Trinajstić information content (AvgIpc) is 3.45. The number of aliphatic hydroxyl groups is 1. The number of aliphatic hydroxyl groups excluding tert-OH is 1. The lowest BCUT2D eigenvalue weighted by Crippen LogP contribution is -2.30. The normalized spacial score (nSPS) is 17.3. The van der Waals surface area contributed by atoms with Crippen molar-refractivity contribution in [1.82, 2.24) is 19.9 Å². The van der Waals surface area contributed by atoms with Crippen LogP contribution in [0.25, 0.3) is 32.6 Å². The molecule has 10 nitrogen and oxygen atoms in total. The van der Waals surface area contributed by atoms with Crippen LogP contribution in [0.2, 0.25) is 0 Å². The van der Waals surface area contributed by atoms with Crippen LogP contribution in [0.15, 0.2) is 46.8 Å². The number of thiazole rings is 1. The van der Waals surface area contributed by atoms with Gasteiger partial charge in [-0.15, -0.1) is 11.3 Å². The molecule has 1 saturated carbocycles. The van der Waals surface area contributed by atoms with E-state index >= 15 is 0 Å². The number of nitrogens with one attached hydrogen (secondary N) is 2. The van der Waals surface area contributed by atoms with Gasteiger partial charge in [0.15, 0.2) is 5.69 Å². The molecule has 0 saturated heterocycles. The van der Waals surface area contributed by atoms with Crippen molar-refractivity contribution < 1.29 is 33.0 Å². The molecule has 0 aliphatic heterocycles. The van der Waals surface area contributed by atoms with Crippen LogP contribution in [0.3, 0.4) is 0 Å². The quantitative estimate of drug-likeness (QED) is 0.228. The van der Waals surface area contributed by atoms with Crippen molar-refractivity contribution in [3.8, 4) is 21.7 Å². The molecule has 1 aromatic carbocycles. The van der Waals surface area contributed by atoms with Crippen molar-refractivity contribution in [2.24, 2.45) is 0 Å². The van der Waals surface area contributed by atoms with Crippen LogP contribution in [0, 0.1) is 0 Å². The predicted octanol–water partition coefficient (Wildman–Crippen LogP) is 5.52. The fourth-order valence-electron chi connectivity index (χ4n) is 5.15. The molecule has 4 N–H and O–H groups in total. The van der Waals surface area contributed by atoms with Crippen LogP contribution in [-0.2, 0) is 6.18 Å². The summed E-state index contributed by atoms with van der Waals surface area (Å²) in [6, 6.07) is 5.12. The highest BCUT2D eigenvalue weighted by Gasteiger charge is 2.34. The van der Waals surface area contributed by atoms with Gasteiger partial charge < -0.3 is 20.1 Å². The number of rotatable bonds is 6. The van der Waals surface area contributed by atoms with Gasteiger partial charge in [-0.1, -0.05) is 18.9 Å². The van der Waals surface area contributed by atoms with E-state index in [1.807, 2.05) is 0 Å². The third-order valence-corrected chi connectivity index (χ3v) is 8.01. The number of carboxylic acids is 1. The number of fused-ring (bicyclic) bond motifs is 1. The van der Waals surface area contributed by atoms with Crippen molar-refractivity contribution >= 4 is 40.1 Å². The minimum absolute atomic E-state index is 0.000738. The molecule has 220 valence electrons. The van der Waals surface area contributed by atoms with E-state index in [0.29, 0.717) is 36.0 Å². The molecule has 42 heavy (non-hydrogen) atoms. The first kappa shape index (κ1) is 29.2. The van der Waals surface area contributed by atoms with Gasteiger partial charge in [0.05, 0.1) is 17.7 Å². The number of benzene rings is 1. The third-order valence-electron chi connectivity index (χ3n) is 7.13. The Labute approximate surface area is 240 Å². The molecule has 4 aromatic rings. The van der Waals surface area contributed by atoms with Gasteiger partial charge in [-0.05, 0) is 43.5 Å². The van der Waals surface area contributed by atoms with Gasteiger partial charge in [-0.2, -0.15) is 13.2 Å². The molecule has 2 amide bonds. The van der Waals surface area contributed by atoms with Crippen molar-refractivity contribution in [2.45, 2.75) is 50.9 Å². The number of nitrogens with zero attached hydrogens (tertiary/aromatic N) is 3. The second-order valence-electron chi connectivity index (χ2n) is 9.87. The summed E-state index contributed by atoms with van der Waals surface area (Å²) in [5, 5.41) is 26.5. The molecule has 3 aromatic heterocycles. The Bertz CT molecular complexity index is 1740. The lowest BCUT2D eigenvalue weighted by atomic mass is 9.91. The van der Waals surface area contributed by atoms with Crippen molar-refractivity contribution in [3.05, 3.63) is 63.5 Å². The minimum atomic E-state index is -4.67. The molecule has 1 fully saturated rings. The van der Waals surface area contributed by atoms with Gasteiger partial charge in [-0.25, -0.2) is 19.6 Å². The molecule has 2 atom stereocenters. The third kappa shape index (κ3) is 5.72. The first-order valence-corrected chi connectivity index (χ1v) is 14.0. The molecular formula is C28H26F3N5O5S. The molecule has 1 aliphatic carbocycles. The smallest absolute Gasteiger partial charge is 0.434 e. The van der Waals surface area contributed by atoms with Crippen LogP contribution < -0.4 is 16.1 Å². The molecule has 0 radical (unpaired) electrons. The number of pyridine rings is 2. The van der Waals surface area contributed by atoms with E-state index < -0.39 is 47.0 Å². The summed E-state index contributed by atoms with van der Waals surface area (Å²) in [5.41, 5.74) is -0.974. The summed E-state index contributed by atoms with van der Waals surface area (Å²) in [6.07, 6.45) is 0.00674. The van der Waals surface area contributed by atoms with E-state index in [1.165, 1.54) is 24.5 Å². The topological polar surface area (TPSA) is 146 Å². The van der Waals surface area contributed by atoms with E-state index in [-0.39, 0.29) is 21.8 Å². The monoisotopic (exact) mass is 601 g/mol. The maximum atomic E-state index is 13.4. The molecule has 14 heteroatoms. The molecule has 0 bridgehead atoms. The van der Waals surface area contributed by atoms with Gasteiger partial charge in [0.1, 0.15) is 16.4 Å². The van der Waals surface area contributed by atoms with E-state index in [1.54, 1.807) is 23.6 Å². The zero-order valence-electron chi connectivity index (χ0n) is 22.2. The SMILES string of the molecule is CCNC(=O)Nc1cc(-c2nc(C(F)(F)F)cs2)c(-c2ccc3c(c2)c(=O)c(C(=O)O)cn3[C@H]2CCCC[C@@H]2O)cn1. The highest BCUT2D eigenvalue weighted by molar-refractivity contribution is 7.13. The Morgan fingerprint density at radius 2 is 1.93 bits per heavy atom. The van der Waals surface area contributed by atoms with Crippen LogP contribution in [0.5, 0.6) is 0 Å². The Balaban J connectivity index is 1.69. The second kappa shape index (κ2) is 11.5. The van der Waals surface area contributed by atoms with E-state index in [0.717, 1.165) is 29.6 Å². The van der Waals surface area contributed by atoms with Gasteiger partial charge in [0.25, 0.3) is 0 Å². The number of hydrogen-bond acceptors (Lipinski definition) is 7. The van der Waals surface area contributed by atoms with Crippen molar-refractivity contribution in [2.75, 3.05) is 11.9 Å². The summed E-state index contributed by atoms with van der Waals surface area (Å²) in [6.45, 7) is 2.05. The number of alkyl halides is 3. The Morgan fingerprint density at radius 1 is 1.17 bits per heavy atom. The number of aromatic nitrogens is 3. The summed E-state index contributed by atoms with van der Waals surface area (Å²) in [7, 11) is 0. The summed E-state index contributed by atoms with van der Waals surface area (Å²) >= 11 is 0.752. The summed E-state index contributed by atoms with van der Waals surface area (Å²) in [4.78, 5) is 45.4. The zero-order chi connectivity index (χ0) is 30.2. The Hall–Kier alpha value is -4.30. The summed E-state index contributed by atoms with van der Waals surface area (Å²) < 4.78 is 41.8. The fourth-order valence-corrected chi connectivity index (χ4v) is 6.00. The number of hydrogen-bond donors (Lipinski definition) is 4. The minimum Gasteiger partial charge on any atom is -0.477 e. The number of anilines is 1. The van der Waals surface area contributed by atoms with E-state index in [4.69, 9.17) is 0 Å². The van der Waals surface area contributed by atoms with Gasteiger partial charge in [-0.3, -0.25) is 10.1 Å². The molecule has 3 heterocycles. The largest absolute Gasteiger partial charge is 0.477 e. The lowest BCUT2D eigenvalue weighted by Gasteiger charge is -2.31. The first-order chi connectivity index (χ1) is 20.0. The van der Waals surface area contributed by atoms with Crippen molar-refractivity contribution in [1.29, 1.82) is 0 Å². The van der Waals surface area contributed by atoms with Crippen LogP contribution in [-0.4, -0.2) is 49.4 Å². The highest BCUT2D eigenvalue weighted by atomic mass is 32.1. The Kier molecular flexibility index (Phi) is 8.01. The number of carboxylic acid groups (broad SMARTS) is 1. The fraction of sp³-hybridized carbons (Fsp3) is 0.321. The molecule has 1 aliphatic rings. The number of aromatic carboxylic acids is 1. The van der Waals surface area contributed by atoms with Crippen molar-refractivity contribution in [3.63, 3.8) is 0 Å². The number of urea groups is 1. The average molecular weight is 602 g/mol. The number of carbonyl (C=O) groups is 2. The van der Waals surface area contributed by atoms with Crippen LogP contribution >= 0.6 is 11.3 Å². The van der Waals surface area contributed by atoms with Crippen LogP contribution in [0.1, 0.15) is 54.7 Å². The maximum absolute atomic E-state index is 13.4.